The maximum absolute atomic E-state index is 13.0. The van der Waals surface area contributed by atoms with E-state index in [-0.39, 0.29) is 12.8 Å². The molecule has 0 saturated carbocycles. The number of anilines is 1. The van der Waals surface area contributed by atoms with E-state index >= 15 is 0 Å². The first-order chi connectivity index (χ1) is 15.8. The Kier molecular flexibility index (Phi) is 6.91. The van der Waals surface area contributed by atoms with Crippen LogP contribution in [0.5, 0.6) is 0 Å². The average Bonchev–Trinajstić information content (AvgIpc) is 2.83. The zero-order valence-electron chi connectivity index (χ0n) is 18.3. The first-order valence-electron chi connectivity index (χ1n) is 11.4. The van der Waals surface area contributed by atoms with Crippen molar-refractivity contribution in [3.8, 4) is 0 Å². The quantitative estimate of drug-likeness (QED) is 0.654. The average molecular weight is 460 g/mol. The van der Waals surface area contributed by atoms with Crippen molar-refractivity contribution >= 4 is 17.5 Å². The summed E-state index contributed by atoms with van der Waals surface area (Å²) in [5.41, 5.74) is 2.81. The molecule has 2 aliphatic rings. The molecule has 2 saturated heterocycles. The minimum atomic E-state index is -4.51. The Morgan fingerprint density at radius 3 is 2.18 bits per heavy atom. The van der Waals surface area contributed by atoms with Gasteiger partial charge in [0.25, 0.3) is 0 Å². The predicted octanol–water partition coefficient (Wildman–Crippen LogP) is 4.34. The number of hydrogen-bond acceptors (Lipinski definition) is 3. The van der Waals surface area contributed by atoms with Gasteiger partial charge in [-0.3, -0.25) is 9.59 Å². The highest BCUT2D eigenvalue weighted by Gasteiger charge is 2.46. The Morgan fingerprint density at radius 2 is 1.58 bits per heavy atom. The highest BCUT2D eigenvalue weighted by molar-refractivity contribution is 6.01. The molecule has 0 bridgehead atoms. The molecule has 3 unspecified atom stereocenters. The van der Waals surface area contributed by atoms with Crippen LogP contribution < -0.4 is 15.5 Å². The summed E-state index contributed by atoms with van der Waals surface area (Å²) in [5.74, 6) is -2.60. The van der Waals surface area contributed by atoms with E-state index in [0.717, 1.165) is 29.9 Å². The van der Waals surface area contributed by atoms with Gasteiger partial charge in [0.15, 0.2) is 0 Å². The zero-order valence-corrected chi connectivity index (χ0v) is 18.3. The molecule has 4 rings (SSSR count). The van der Waals surface area contributed by atoms with Gasteiger partial charge in [-0.15, -0.1) is 0 Å². The minimum Gasteiger partial charge on any atom is -0.372 e. The summed E-state index contributed by atoms with van der Waals surface area (Å²) < 4.78 is 38.8. The van der Waals surface area contributed by atoms with Crippen LogP contribution in [0.15, 0.2) is 54.6 Å². The number of alkyl halides is 3. The van der Waals surface area contributed by atoms with Crippen LogP contribution in [0.1, 0.15) is 49.3 Å². The number of piperidine rings is 2. The molecule has 0 spiro atoms. The molecular weight excluding hydrogens is 431 g/mol. The van der Waals surface area contributed by atoms with E-state index in [9.17, 15) is 22.8 Å². The van der Waals surface area contributed by atoms with Crippen LogP contribution in [0, 0.1) is 5.92 Å². The lowest BCUT2D eigenvalue weighted by atomic mass is 9.91. The number of carbonyl (C=O) groups is 2. The highest BCUT2D eigenvalue weighted by Crippen LogP contribution is 2.30. The summed E-state index contributed by atoms with van der Waals surface area (Å²) in [6, 6.07) is 14.9. The number of benzene rings is 2. The monoisotopic (exact) mass is 459 g/mol. The van der Waals surface area contributed by atoms with Gasteiger partial charge in [0.05, 0.1) is 6.04 Å². The zero-order chi connectivity index (χ0) is 23.4. The van der Waals surface area contributed by atoms with Gasteiger partial charge >= 0.3 is 6.18 Å². The number of halogens is 3. The number of rotatable bonds is 5. The normalized spacial score (nSPS) is 22.4. The molecule has 0 radical (unpaired) electrons. The summed E-state index contributed by atoms with van der Waals surface area (Å²) in [6.45, 7) is 2.04. The highest BCUT2D eigenvalue weighted by atomic mass is 19.4. The summed E-state index contributed by atoms with van der Waals surface area (Å²) >= 11 is 0. The lowest BCUT2D eigenvalue weighted by molar-refractivity contribution is -0.171. The maximum atomic E-state index is 13.0. The van der Waals surface area contributed by atoms with Crippen LogP contribution in [0.3, 0.4) is 0 Å². The van der Waals surface area contributed by atoms with Crippen molar-refractivity contribution in [1.29, 1.82) is 0 Å². The molecule has 2 amide bonds. The molecule has 8 heteroatoms. The van der Waals surface area contributed by atoms with Crippen LogP contribution in [-0.2, 0) is 9.59 Å². The second-order valence-corrected chi connectivity index (χ2v) is 8.72. The van der Waals surface area contributed by atoms with Gasteiger partial charge in [0, 0.05) is 18.8 Å². The summed E-state index contributed by atoms with van der Waals surface area (Å²) in [6.07, 6.45) is -1.38. The SMILES string of the molecule is O=C(NC(c1ccccc1)c1ccc(N2CCCCC2)cc1)C1CCC(C(F)(F)F)NC1=O. The van der Waals surface area contributed by atoms with Gasteiger partial charge in [0.1, 0.15) is 12.0 Å². The fourth-order valence-electron chi connectivity index (χ4n) is 4.58. The van der Waals surface area contributed by atoms with E-state index in [0.29, 0.717) is 0 Å². The van der Waals surface area contributed by atoms with Crippen molar-refractivity contribution in [2.24, 2.45) is 5.92 Å². The summed E-state index contributed by atoms with van der Waals surface area (Å²) in [4.78, 5) is 27.6. The Hall–Kier alpha value is -3.03. The number of nitrogens with one attached hydrogen (secondary N) is 2. The molecular formula is C25H28F3N3O2. The summed E-state index contributed by atoms with van der Waals surface area (Å²) in [5, 5.41) is 4.86. The van der Waals surface area contributed by atoms with Crippen LogP contribution >= 0.6 is 0 Å². The molecule has 3 atom stereocenters. The van der Waals surface area contributed by atoms with Crippen molar-refractivity contribution in [2.45, 2.75) is 50.4 Å². The van der Waals surface area contributed by atoms with E-state index in [1.165, 1.54) is 19.3 Å². The van der Waals surface area contributed by atoms with Crippen molar-refractivity contribution in [2.75, 3.05) is 18.0 Å². The third-order valence-corrected chi connectivity index (χ3v) is 6.46. The van der Waals surface area contributed by atoms with Crippen LogP contribution in [-0.4, -0.2) is 37.1 Å². The molecule has 0 aliphatic carbocycles. The van der Waals surface area contributed by atoms with Crippen LogP contribution in [0.4, 0.5) is 18.9 Å². The maximum Gasteiger partial charge on any atom is 0.408 e. The minimum absolute atomic E-state index is 0.142. The molecule has 176 valence electrons. The molecule has 2 aromatic rings. The van der Waals surface area contributed by atoms with Crippen molar-refractivity contribution in [3.63, 3.8) is 0 Å². The largest absolute Gasteiger partial charge is 0.408 e. The molecule has 2 N–H and O–H groups in total. The third-order valence-electron chi connectivity index (χ3n) is 6.46. The lowest BCUT2D eigenvalue weighted by Gasteiger charge is -2.31. The van der Waals surface area contributed by atoms with Gasteiger partial charge in [-0.05, 0) is 55.4 Å². The summed E-state index contributed by atoms with van der Waals surface area (Å²) in [7, 11) is 0. The van der Waals surface area contributed by atoms with Crippen molar-refractivity contribution in [1.82, 2.24) is 10.6 Å². The van der Waals surface area contributed by atoms with Gasteiger partial charge in [-0.1, -0.05) is 42.5 Å². The fraction of sp³-hybridized carbons (Fsp3) is 0.440. The van der Waals surface area contributed by atoms with E-state index < -0.39 is 36.0 Å². The molecule has 2 heterocycles. The molecule has 2 aromatic carbocycles. The van der Waals surface area contributed by atoms with Crippen LogP contribution in [0.25, 0.3) is 0 Å². The van der Waals surface area contributed by atoms with Gasteiger partial charge in [-0.25, -0.2) is 0 Å². The molecule has 2 aliphatic heterocycles. The first kappa shape index (κ1) is 23.1. The van der Waals surface area contributed by atoms with E-state index in [4.69, 9.17) is 0 Å². The molecule has 0 aromatic heterocycles. The van der Waals surface area contributed by atoms with E-state index in [1.54, 1.807) is 0 Å². The third kappa shape index (κ3) is 5.49. The second kappa shape index (κ2) is 9.85. The van der Waals surface area contributed by atoms with Gasteiger partial charge in [0.2, 0.25) is 11.8 Å². The molecule has 33 heavy (non-hydrogen) atoms. The topological polar surface area (TPSA) is 61.4 Å². The number of amides is 2. The molecule has 5 nitrogen and oxygen atoms in total. The standard InChI is InChI=1S/C25H28F3N3O2/c26-25(27,28)21-14-13-20(23(32)29-21)24(33)30-22(17-7-3-1-4-8-17)18-9-11-19(12-10-18)31-15-5-2-6-16-31/h1,3-4,7-12,20-22H,2,5-6,13-16H2,(H,29,32)(H,30,33). The number of hydrogen-bond donors (Lipinski definition) is 2. The number of carbonyl (C=O) groups excluding carboxylic acids is 2. The smallest absolute Gasteiger partial charge is 0.372 e. The second-order valence-electron chi connectivity index (χ2n) is 8.72. The Bertz CT molecular complexity index is 957. The van der Waals surface area contributed by atoms with E-state index in [2.05, 4.69) is 10.2 Å². The fourth-order valence-corrected chi connectivity index (χ4v) is 4.58. The van der Waals surface area contributed by atoms with Crippen LogP contribution in [0.2, 0.25) is 0 Å². The predicted molar refractivity (Wildman–Crippen MR) is 120 cm³/mol. The Balaban J connectivity index is 1.51. The Labute approximate surface area is 191 Å². The number of nitrogens with zero attached hydrogens (tertiary/aromatic N) is 1. The Morgan fingerprint density at radius 1 is 0.939 bits per heavy atom. The van der Waals surface area contributed by atoms with Gasteiger partial charge in [-0.2, -0.15) is 13.2 Å². The molecule has 2 fully saturated rings. The van der Waals surface area contributed by atoms with Crippen molar-refractivity contribution in [3.05, 3.63) is 65.7 Å². The first-order valence-corrected chi connectivity index (χ1v) is 11.4. The van der Waals surface area contributed by atoms with Gasteiger partial charge < -0.3 is 15.5 Å². The lowest BCUT2D eigenvalue weighted by Crippen LogP contribution is -2.54. The van der Waals surface area contributed by atoms with E-state index in [1.807, 2.05) is 59.9 Å². The van der Waals surface area contributed by atoms with Crippen molar-refractivity contribution < 1.29 is 22.8 Å².